The van der Waals surface area contributed by atoms with Crippen molar-refractivity contribution in [2.75, 3.05) is 32.7 Å². The highest BCUT2D eigenvalue weighted by Crippen LogP contribution is 2.21. The predicted octanol–water partition coefficient (Wildman–Crippen LogP) is 1.41. The van der Waals surface area contributed by atoms with E-state index in [0.717, 1.165) is 64.7 Å². The molecule has 3 N–H and O–H groups in total. The maximum atomic E-state index is 13.2. The molecule has 0 saturated carbocycles. The summed E-state index contributed by atoms with van der Waals surface area (Å²) in [4.78, 5) is 45.6. The summed E-state index contributed by atoms with van der Waals surface area (Å²) in [5, 5.41) is 3.04. The lowest BCUT2D eigenvalue weighted by Gasteiger charge is -2.36. The fourth-order valence-electron chi connectivity index (χ4n) is 4.41. The second kappa shape index (κ2) is 10.5. The third kappa shape index (κ3) is 5.78. The molecule has 8 heteroatoms. The fourth-order valence-corrected chi connectivity index (χ4v) is 4.41. The van der Waals surface area contributed by atoms with Crippen LogP contribution in [0.3, 0.4) is 0 Å². The van der Waals surface area contributed by atoms with Gasteiger partial charge in [-0.15, -0.1) is 0 Å². The molecule has 2 unspecified atom stereocenters. The van der Waals surface area contributed by atoms with E-state index in [1.807, 2.05) is 4.90 Å². The number of carbonyl (C=O) groups excluding carboxylic acids is 3. The average molecular weight is 416 g/mol. The number of primary amides is 1. The van der Waals surface area contributed by atoms with Gasteiger partial charge in [-0.05, 0) is 44.8 Å². The number of pyridine rings is 1. The summed E-state index contributed by atoms with van der Waals surface area (Å²) >= 11 is 0. The van der Waals surface area contributed by atoms with Gasteiger partial charge in [0, 0.05) is 38.1 Å². The molecule has 0 radical (unpaired) electrons. The number of aromatic nitrogens is 1. The zero-order valence-electron chi connectivity index (χ0n) is 17.8. The number of likely N-dealkylation sites (tertiary alicyclic amines) is 2. The Morgan fingerprint density at radius 3 is 2.63 bits per heavy atom. The van der Waals surface area contributed by atoms with E-state index in [-0.39, 0.29) is 29.3 Å². The first-order chi connectivity index (χ1) is 14.5. The molecule has 2 saturated heterocycles. The van der Waals surface area contributed by atoms with E-state index in [1.165, 1.54) is 18.5 Å². The molecule has 2 aliphatic rings. The Morgan fingerprint density at radius 2 is 1.87 bits per heavy atom. The van der Waals surface area contributed by atoms with Crippen molar-refractivity contribution in [2.24, 2.45) is 11.7 Å². The minimum absolute atomic E-state index is 0.0472. The molecule has 0 bridgehead atoms. The lowest BCUT2D eigenvalue weighted by Crippen LogP contribution is -2.50. The molecule has 1 aromatic rings. The second-order valence-corrected chi connectivity index (χ2v) is 8.36. The fraction of sp³-hybridized carbons (Fsp3) is 0.636. The molecule has 30 heavy (non-hydrogen) atoms. The Hall–Kier alpha value is -2.48. The largest absolute Gasteiger partial charge is 0.366 e. The van der Waals surface area contributed by atoms with E-state index in [9.17, 15) is 14.4 Å². The van der Waals surface area contributed by atoms with Crippen molar-refractivity contribution in [1.82, 2.24) is 20.1 Å². The Bertz CT molecular complexity index is 769. The topological polar surface area (TPSA) is 109 Å². The SMILES string of the molecule is CCN1CCCC(C(=O)N2CCCCCC(NC(=O)c3cncc(C(N)=O)c3)C2)C1. The van der Waals surface area contributed by atoms with Crippen molar-refractivity contribution in [3.8, 4) is 0 Å². The maximum absolute atomic E-state index is 13.2. The highest BCUT2D eigenvalue weighted by molar-refractivity contribution is 5.98. The first-order valence-corrected chi connectivity index (χ1v) is 11.0. The summed E-state index contributed by atoms with van der Waals surface area (Å²) in [5.41, 5.74) is 5.80. The molecule has 2 aliphatic heterocycles. The van der Waals surface area contributed by atoms with Crippen LogP contribution in [-0.4, -0.2) is 71.3 Å². The molecular weight excluding hydrogens is 382 g/mol. The van der Waals surface area contributed by atoms with Gasteiger partial charge in [0.2, 0.25) is 11.8 Å². The smallest absolute Gasteiger partial charge is 0.253 e. The number of amides is 3. The van der Waals surface area contributed by atoms with Gasteiger partial charge < -0.3 is 20.9 Å². The van der Waals surface area contributed by atoms with Crippen LogP contribution in [0.25, 0.3) is 0 Å². The van der Waals surface area contributed by atoms with Crippen LogP contribution in [-0.2, 0) is 4.79 Å². The van der Waals surface area contributed by atoms with Crippen LogP contribution in [0.15, 0.2) is 18.5 Å². The number of piperidine rings is 1. The number of hydrogen-bond acceptors (Lipinski definition) is 5. The Labute approximate surface area is 178 Å². The van der Waals surface area contributed by atoms with E-state index in [1.54, 1.807) is 0 Å². The van der Waals surface area contributed by atoms with Gasteiger partial charge in [-0.25, -0.2) is 0 Å². The summed E-state index contributed by atoms with van der Waals surface area (Å²) in [5.74, 6) is -0.649. The first-order valence-electron chi connectivity index (χ1n) is 11.0. The number of nitrogens with zero attached hydrogens (tertiary/aromatic N) is 3. The van der Waals surface area contributed by atoms with Crippen LogP contribution in [0.2, 0.25) is 0 Å². The number of nitrogens with one attached hydrogen (secondary N) is 1. The van der Waals surface area contributed by atoms with E-state index in [2.05, 4.69) is 22.1 Å². The van der Waals surface area contributed by atoms with Crippen molar-refractivity contribution in [2.45, 2.75) is 51.5 Å². The predicted molar refractivity (Wildman–Crippen MR) is 114 cm³/mol. The minimum atomic E-state index is -0.617. The Kier molecular flexibility index (Phi) is 7.79. The number of rotatable bonds is 5. The van der Waals surface area contributed by atoms with Crippen LogP contribution >= 0.6 is 0 Å². The van der Waals surface area contributed by atoms with Crippen molar-refractivity contribution in [1.29, 1.82) is 0 Å². The third-order valence-corrected chi connectivity index (χ3v) is 6.16. The lowest BCUT2D eigenvalue weighted by molar-refractivity contribution is -0.138. The second-order valence-electron chi connectivity index (χ2n) is 8.36. The molecule has 3 amide bonds. The summed E-state index contributed by atoms with van der Waals surface area (Å²) in [6.45, 7) is 6.27. The monoisotopic (exact) mass is 415 g/mol. The minimum Gasteiger partial charge on any atom is -0.366 e. The van der Waals surface area contributed by atoms with Crippen molar-refractivity contribution >= 4 is 17.7 Å². The molecule has 3 rings (SSSR count). The average Bonchev–Trinajstić information content (AvgIpc) is 2.75. The lowest BCUT2D eigenvalue weighted by atomic mass is 9.95. The molecule has 2 atom stereocenters. The Balaban J connectivity index is 1.65. The summed E-state index contributed by atoms with van der Waals surface area (Å²) in [7, 11) is 0. The summed E-state index contributed by atoms with van der Waals surface area (Å²) in [6, 6.07) is 1.34. The van der Waals surface area contributed by atoms with Gasteiger partial charge in [-0.2, -0.15) is 0 Å². The van der Waals surface area contributed by atoms with Crippen LogP contribution in [0.5, 0.6) is 0 Å². The molecule has 0 aromatic carbocycles. The van der Waals surface area contributed by atoms with E-state index in [0.29, 0.717) is 12.1 Å². The molecule has 1 aromatic heterocycles. The van der Waals surface area contributed by atoms with Gasteiger partial charge in [0.15, 0.2) is 0 Å². The first kappa shape index (κ1) is 22.2. The highest BCUT2D eigenvalue weighted by Gasteiger charge is 2.30. The number of nitrogens with two attached hydrogens (primary N) is 1. The summed E-state index contributed by atoms with van der Waals surface area (Å²) < 4.78 is 0. The summed E-state index contributed by atoms with van der Waals surface area (Å²) in [6.07, 6.45) is 8.65. The molecule has 8 nitrogen and oxygen atoms in total. The third-order valence-electron chi connectivity index (χ3n) is 6.16. The molecule has 164 valence electrons. The molecule has 3 heterocycles. The molecule has 0 aliphatic carbocycles. The van der Waals surface area contributed by atoms with Gasteiger partial charge in [0.05, 0.1) is 17.0 Å². The van der Waals surface area contributed by atoms with Gasteiger partial charge >= 0.3 is 0 Å². The normalized spacial score (nSPS) is 23.3. The van der Waals surface area contributed by atoms with Gasteiger partial charge in [0.1, 0.15) is 0 Å². The Morgan fingerprint density at radius 1 is 1.07 bits per heavy atom. The maximum Gasteiger partial charge on any atom is 0.253 e. The van der Waals surface area contributed by atoms with Gasteiger partial charge in [-0.1, -0.05) is 19.8 Å². The van der Waals surface area contributed by atoms with Gasteiger partial charge in [-0.3, -0.25) is 19.4 Å². The molecule has 0 spiro atoms. The molecular formula is C22H33N5O3. The zero-order chi connectivity index (χ0) is 21.5. The van der Waals surface area contributed by atoms with E-state index < -0.39 is 5.91 Å². The number of carbonyl (C=O) groups is 3. The highest BCUT2D eigenvalue weighted by atomic mass is 16.2. The molecule has 2 fully saturated rings. The standard InChI is InChI=1S/C22H33N5O3/c1-2-26-9-6-7-16(14-26)22(30)27-10-5-3-4-8-19(15-27)25-21(29)18-11-17(20(23)28)12-24-13-18/h11-13,16,19H,2-10,14-15H2,1H3,(H2,23,28)(H,25,29). The van der Waals surface area contributed by atoms with Crippen LogP contribution in [0.4, 0.5) is 0 Å². The van der Waals surface area contributed by atoms with Crippen LogP contribution in [0, 0.1) is 5.92 Å². The van der Waals surface area contributed by atoms with Gasteiger partial charge in [0.25, 0.3) is 5.91 Å². The van der Waals surface area contributed by atoms with Crippen LogP contribution in [0.1, 0.15) is 66.2 Å². The van der Waals surface area contributed by atoms with Crippen molar-refractivity contribution < 1.29 is 14.4 Å². The van der Waals surface area contributed by atoms with Crippen molar-refractivity contribution in [3.05, 3.63) is 29.6 Å². The van der Waals surface area contributed by atoms with E-state index in [4.69, 9.17) is 5.73 Å². The van der Waals surface area contributed by atoms with Crippen molar-refractivity contribution in [3.63, 3.8) is 0 Å². The quantitative estimate of drug-likeness (QED) is 0.756. The van der Waals surface area contributed by atoms with Crippen LogP contribution < -0.4 is 11.1 Å². The van der Waals surface area contributed by atoms with E-state index >= 15 is 0 Å². The number of hydrogen-bond donors (Lipinski definition) is 2. The zero-order valence-corrected chi connectivity index (χ0v) is 17.8.